The van der Waals surface area contributed by atoms with Gasteiger partial charge in [0.05, 0.1) is 5.56 Å². The topological polar surface area (TPSA) is 20.3 Å². The molecule has 0 aromatic heterocycles. The Morgan fingerprint density at radius 3 is 2.42 bits per heavy atom. The zero-order chi connectivity index (χ0) is 14.4. The normalized spacial score (nSPS) is 10.8. The van der Waals surface area contributed by atoms with Gasteiger partial charge in [0.2, 0.25) is 0 Å². The number of hydrogen-bond donors (Lipinski definition) is 0. The molecule has 0 aliphatic heterocycles. The molecule has 106 valence electrons. The Morgan fingerprint density at radius 1 is 1.26 bits per heavy atom. The monoisotopic (exact) mass is 265 g/mol. The van der Waals surface area contributed by atoms with Crippen LogP contribution in [-0.2, 0) is 0 Å². The van der Waals surface area contributed by atoms with Crippen LogP contribution in [0.5, 0.6) is 0 Å². The summed E-state index contributed by atoms with van der Waals surface area (Å²) in [5.74, 6) is -0.147. The van der Waals surface area contributed by atoms with E-state index in [9.17, 15) is 9.18 Å². The molecule has 0 fully saturated rings. The highest BCUT2D eigenvalue weighted by atomic mass is 19.1. The van der Waals surface area contributed by atoms with E-state index in [1.165, 1.54) is 6.07 Å². The van der Waals surface area contributed by atoms with Crippen molar-refractivity contribution in [3.63, 3.8) is 0 Å². The summed E-state index contributed by atoms with van der Waals surface area (Å²) in [4.78, 5) is 14.1. The number of hydrogen-bond acceptors (Lipinski definition) is 1. The van der Waals surface area contributed by atoms with Gasteiger partial charge in [-0.25, -0.2) is 4.39 Å². The molecule has 0 unspecified atom stereocenters. The largest absolute Gasteiger partial charge is 0.339 e. The second kappa shape index (κ2) is 7.27. The highest BCUT2D eigenvalue weighted by molar-refractivity contribution is 5.94. The van der Waals surface area contributed by atoms with Crippen LogP contribution in [0.25, 0.3) is 0 Å². The first kappa shape index (κ1) is 15.7. The Labute approximate surface area is 115 Å². The van der Waals surface area contributed by atoms with E-state index >= 15 is 0 Å². The summed E-state index contributed by atoms with van der Waals surface area (Å²) in [5.41, 5.74) is 1.09. The molecule has 0 aliphatic carbocycles. The summed E-state index contributed by atoms with van der Waals surface area (Å²) in [6.07, 6.45) is 2.08. The van der Waals surface area contributed by atoms with E-state index < -0.39 is 5.82 Å². The van der Waals surface area contributed by atoms with Gasteiger partial charge < -0.3 is 4.90 Å². The maximum absolute atomic E-state index is 13.8. The predicted octanol–water partition coefficient (Wildman–Crippen LogP) is 4.03. The Balaban J connectivity index is 2.92. The van der Waals surface area contributed by atoms with Gasteiger partial charge in [0, 0.05) is 13.1 Å². The zero-order valence-electron chi connectivity index (χ0n) is 12.4. The van der Waals surface area contributed by atoms with Crippen LogP contribution >= 0.6 is 0 Å². The molecule has 0 saturated heterocycles. The third kappa shape index (κ3) is 4.05. The van der Waals surface area contributed by atoms with Crippen molar-refractivity contribution in [2.75, 3.05) is 13.1 Å². The van der Waals surface area contributed by atoms with Gasteiger partial charge in [-0.2, -0.15) is 0 Å². The third-order valence-electron chi connectivity index (χ3n) is 3.65. The van der Waals surface area contributed by atoms with Crippen molar-refractivity contribution in [1.29, 1.82) is 0 Å². The minimum atomic E-state index is -0.432. The van der Waals surface area contributed by atoms with E-state index in [4.69, 9.17) is 0 Å². The molecule has 0 bridgehead atoms. The number of nitrogens with zero attached hydrogens (tertiary/aromatic N) is 1. The van der Waals surface area contributed by atoms with Crippen molar-refractivity contribution in [3.8, 4) is 0 Å². The molecule has 1 amide bonds. The molecule has 0 atom stereocenters. The van der Waals surface area contributed by atoms with Crippen molar-refractivity contribution < 1.29 is 9.18 Å². The molecule has 0 aliphatic rings. The molecule has 1 aromatic rings. The lowest BCUT2D eigenvalue weighted by atomic mass is 10.0. The first-order valence-electron chi connectivity index (χ1n) is 7.08. The summed E-state index contributed by atoms with van der Waals surface area (Å²) >= 11 is 0. The first-order chi connectivity index (χ1) is 9.03. The van der Waals surface area contributed by atoms with Gasteiger partial charge in [0.1, 0.15) is 5.82 Å². The summed E-state index contributed by atoms with van der Waals surface area (Å²) < 4.78 is 13.8. The smallest absolute Gasteiger partial charge is 0.256 e. The molecule has 19 heavy (non-hydrogen) atoms. The van der Waals surface area contributed by atoms with Crippen LogP contribution in [0, 0.1) is 18.7 Å². The van der Waals surface area contributed by atoms with E-state index in [2.05, 4.69) is 13.8 Å². The number of aryl methyl sites for hydroxylation is 1. The number of carbonyl (C=O) groups excluding carboxylic acids is 1. The molecule has 0 saturated carbocycles. The van der Waals surface area contributed by atoms with Gasteiger partial charge in [0.15, 0.2) is 0 Å². The summed E-state index contributed by atoms with van der Waals surface area (Å²) in [5, 5.41) is 0. The lowest BCUT2D eigenvalue weighted by Gasteiger charge is -2.25. The SMILES string of the molecule is CCC(CC)CN(CC)C(=O)c1cc(C)ccc1F. The van der Waals surface area contributed by atoms with Crippen LogP contribution < -0.4 is 0 Å². The Hall–Kier alpha value is -1.38. The molecular formula is C16H24FNO. The van der Waals surface area contributed by atoms with Crippen molar-refractivity contribution in [3.05, 3.63) is 35.1 Å². The van der Waals surface area contributed by atoms with E-state index in [1.54, 1.807) is 17.0 Å². The van der Waals surface area contributed by atoms with Crippen LogP contribution in [0.2, 0.25) is 0 Å². The third-order valence-corrected chi connectivity index (χ3v) is 3.65. The van der Waals surface area contributed by atoms with Gasteiger partial charge in [-0.05, 0) is 31.9 Å². The van der Waals surface area contributed by atoms with E-state index in [0.717, 1.165) is 18.4 Å². The van der Waals surface area contributed by atoms with Gasteiger partial charge in [-0.1, -0.05) is 38.3 Å². The number of halogens is 1. The Morgan fingerprint density at radius 2 is 1.89 bits per heavy atom. The quantitative estimate of drug-likeness (QED) is 0.760. The Bertz CT molecular complexity index is 427. The number of benzene rings is 1. The van der Waals surface area contributed by atoms with E-state index in [0.29, 0.717) is 19.0 Å². The average Bonchev–Trinajstić information content (AvgIpc) is 2.42. The molecule has 2 nitrogen and oxygen atoms in total. The maximum Gasteiger partial charge on any atom is 0.256 e. The fourth-order valence-corrected chi connectivity index (χ4v) is 2.19. The van der Waals surface area contributed by atoms with Crippen LogP contribution in [0.3, 0.4) is 0 Å². The van der Waals surface area contributed by atoms with Crippen LogP contribution in [0.1, 0.15) is 49.5 Å². The molecule has 1 rings (SSSR count). The average molecular weight is 265 g/mol. The number of amides is 1. The molecular weight excluding hydrogens is 241 g/mol. The second-order valence-corrected chi connectivity index (χ2v) is 5.01. The Kier molecular flexibility index (Phi) is 6.00. The molecule has 0 spiro atoms. The highest BCUT2D eigenvalue weighted by Crippen LogP contribution is 2.16. The standard InChI is InChI=1S/C16H24FNO/c1-5-13(6-2)11-18(7-3)16(19)14-10-12(4)8-9-15(14)17/h8-10,13H,5-7,11H2,1-4H3. The lowest BCUT2D eigenvalue weighted by molar-refractivity contribution is 0.0730. The van der Waals surface area contributed by atoms with Gasteiger partial charge >= 0.3 is 0 Å². The fraction of sp³-hybridized carbons (Fsp3) is 0.562. The molecule has 0 heterocycles. The first-order valence-corrected chi connectivity index (χ1v) is 7.08. The second-order valence-electron chi connectivity index (χ2n) is 5.01. The van der Waals surface area contributed by atoms with Crippen LogP contribution in [0.4, 0.5) is 4.39 Å². The van der Waals surface area contributed by atoms with Gasteiger partial charge in [-0.3, -0.25) is 4.79 Å². The molecule has 3 heteroatoms. The highest BCUT2D eigenvalue weighted by Gasteiger charge is 2.20. The summed E-state index contributed by atoms with van der Waals surface area (Å²) in [6, 6.07) is 4.68. The van der Waals surface area contributed by atoms with Gasteiger partial charge in [0.25, 0.3) is 5.91 Å². The number of rotatable bonds is 6. The maximum atomic E-state index is 13.8. The molecule has 0 radical (unpaired) electrons. The summed E-state index contributed by atoms with van der Waals surface area (Å²) in [6.45, 7) is 9.37. The van der Waals surface area contributed by atoms with Crippen LogP contribution in [-0.4, -0.2) is 23.9 Å². The van der Waals surface area contributed by atoms with Gasteiger partial charge in [-0.15, -0.1) is 0 Å². The van der Waals surface area contributed by atoms with Crippen LogP contribution in [0.15, 0.2) is 18.2 Å². The minimum Gasteiger partial charge on any atom is -0.339 e. The van der Waals surface area contributed by atoms with E-state index in [1.807, 2.05) is 13.8 Å². The van der Waals surface area contributed by atoms with Crippen molar-refractivity contribution in [2.45, 2.75) is 40.5 Å². The van der Waals surface area contributed by atoms with Crippen molar-refractivity contribution in [1.82, 2.24) is 4.90 Å². The molecule has 0 N–H and O–H groups in total. The fourth-order valence-electron chi connectivity index (χ4n) is 2.19. The lowest BCUT2D eigenvalue weighted by Crippen LogP contribution is -2.35. The predicted molar refractivity (Wildman–Crippen MR) is 76.8 cm³/mol. The van der Waals surface area contributed by atoms with Crippen molar-refractivity contribution >= 4 is 5.91 Å². The zero-order valence-corrected chi connectivity index (χ0v) is 12.4. The summed E-state index contributed by atoms with van der Waals surface area (Å²) in [7, 11) is 0. The molecule has 1 aromatic carbocycles. The number of carbonyl (C=O) groups is 1. The van der Waals surface area contributed by atoms with Crippen molar-refractivity contribution in [2.24, 2.45) is 5.92 Å². The van der Waals surface area contributed by atoms with E-state index in [-0.39, 0.29) is 11.5 Å². The minimum absolute atomic E-state index is 0.188.